The molecular weight excluding hydrogens is 267 g/mol. The predicted octanol–water partition coefficient (Wildman–Crippen LogP) is 2.23. The SMILES string of the molecule is Br.CCc1nnc2c(C)cc(Cl)nn12. The van der Waals surface area contributed by atoms with Crippen molar-refractivity contribution in [3.8, 4) is 0 Å². The molecule has 0 unspecified atom stereocenters. The number of nitrogens with zero attached hydrogens (tertiary/aromatic N) is 4. The smallest absolute Gasteiger partial charge is 0.180 e. The van der Waals surface area contributed by atoms with Gasteiger partial charge < -0.3 is 0 Å². The van der Waals surface area contributed by atoms with Crippen molar-refractivity contribution >= 4 is 34.2 Å². The van der Waals surface area contributed by atoms with Crippen LogP contribution in [0.5, 0.6) is 0 Å². The fourth-order valence-corrected chi connectivity index (χ4v) is 1.49. The van der Waals surface area contributed by atoms with Crippen molar-refractivity contribution in [1.29, 1.82) is 0 Å². The molecule has 0 saturated carbocycles. The van der Waals surface area contributed by atoms with Crippen LogP contribution in [-0.4, -0.2) is 19.8 Å². The number of hydrogen-bond acceptors (Lipinski definition) is 3. The van der Waals surface area contributed by atoms with E-state index < -0.39 is 0 Å². The minimum Gasteiger partial charge on any atom is -0.196 e. The summed E-state index contributed by atoms with van der Waals surface area (Å²) in [6.45, 7) is 3.95. The molecule has 2 heterocycles. The topological polar surface area (TPSA) is 43.1 Å². The largest absolute Gasteiger partial charge is 0.196 e. The normalized spacial score (nSPS) is 10.2. The summed E-state index contributed by atoms with van der Waals surface area (Å²) in [5, 5.41) is 12.6. The molecule has 2 aromatic heterocycles. The van der Waals surface area contributed by atoms with Crippen LogP contribution in [0.15, 0.2) is 6.07 Å². The Balaban J connectivity index is 0.000000980. The van der Waals surface area contributed by atoms with Gasteiger partial charge in [0.25, 0.3) is 0 Å². The molecule has 0 aliphatic rings. The van der Waals surface area contributed by atoms with E-state index in [2.05, 4.69) is 15.3 Å². The van der Waals surface area contributed by atoms with E-state index >= 15 is 0 Å². The average molecular weight is 278 g/mol. The summed E-state index contributed by atoms with van der Waals surface area (Å²) in [5.74, 6) is 0.834. The van der Waals surface area contributed by atoms with Crippen LogP contribution in [0.4, 0.5) is 0 Å². The molecule has 0 radical (unpaired) electrons. The Morgan fingerprint density at radius 2 is 2.14 bits per heavy atom. The summed E-state index contributed by atoms with van der Waals surface area (Å²) in [4.78, 5) is 0. The second-order valence-electron chi connectivity index (χ2n) is 2.86. The molecule has 0 amide bonds. The summed E-state index contributed by atoms with van der Waals surface area (Å²) in [6, 6.07) is 1.78. The number of aryl methyl sites for hydroxylation is 2. The van der Waals surface area contributed by atoms with Crippen molar-refractivity contribution in [1.82, 2.24) is 19.8 Å². The Morgan fingerprint density at radius 3 is 2.79 bits per heavy atom. The molecule has 0 bridgehead atoms. The minimum atomic E-state index is 0. The first-order valence-electron chi connectivity index (χ1n) is 4.10. The summed E-state index contributed by atoms with van der Waals surface area (Å²) in [5.41, 5.74) is 1.77. The van der Waals surface area contributed by atoms with E-state index in [0.29, 0.717) is 5.15 Å². The lowest BCUT2D eigenvalue weighted by Gasteiger charge is -1.98. The fourth-order valence-electron chi connectivity index (χ4n) is 1.25. The van der Waals surface area contributed by atoms with Crippen LogP contribution in [0.25, 0.3) is 5.65 Å². The van der Waals surface area contributed by atoms with Gasteiger partial charge in [0, 0.05) is 6.42 Å². The third-order valence-corrected chi connectivity index (χ3v) is 2.09. The standard InChI is InChI=1S/C8H9ClN4.BrH/c1-3-7-10-11-8-5(2)4-6(9)12-13(7)8;/h4H,3H2,1-2H3;1H. The van der Waals surface area contributed by atoms with Crippen LogP contribution in [0, 0.1) is 6.92 Å². The Bertz CT molecular complexity index is 454. The highest BCUT2D eigenvalue weighted by Crippen LogP contribution is 2.12. The van der Waals surface area contributed by atoms with Gasteiger partial charge in [0.1, 0.15) is 0 Å². The van der Waals surface area contributed by atoms with E-state index in [1.165, 1.54) is 0 Å². The van der Waals surface area contributed by atoms with Gasteiger partial charge in [-0.1, -0.05) is 18.5 Å². The highest BCUT2D eigenvalue weighted by molar-refractivity contribution is 8.93. The predicted molar refractivity (Wildman–Crippen MR) is 60.2 cm³/mol. The molecule has 4 nitrogen and oxygen atoms in total. The van der Waals surface area contributed by atoms with Crippen molar-refractivity contribution in [2.75, 3.05) is 0 Å². The van der Waals surface area contributed by atoms with Crippen molar-refractivity contribution in [2.45, 2.75) is 20.3 Å². The molecule has 0 atom stereocenters. The number of rotatable bonds is 1. The zero-order chi connectivity index (χ0) is 9.42. The molecule has 0 fully saturated rings. The number of halogens is 2. The van der Waals surface area contributed by atoms with Gasteiger partial charge in [-0.3, -0.25) is 0 Å². The number of fused-ring (bicyclic) bond motifs is 1. The summed E-state index contributed by atoms with van der Waals surface area (Å²) < 4.78 is 1.69. The highest BCUT2D eigenvalue weighted by atomic mass is 79.9. The molecule has 6 heteroatoms. The van der Waals surface area contributed by atoms with Crippen LogP contribution in [0.3, 0.4) is 0 Å². The maximum atomic E-state index is 5.82. The molecule has 0 aromatic carbocycles. The highest BCUT2D eigenvalue weighted by Gasteiger charge is 2.07. The Morgan fingerprint density at radius 1 is 1.43 bits per heavy atom. The Hall–Kier alpha value is -0.680. The van der Waals surface area contributed by atoms with E-state index in [1.807, 2.05) is 13.8 Å². The summed E-state index contributed by atoms with van der Waals surface area (Å²) in [6.07, 6.45) is 0.800. The minimum absolute atomic E-state index is 0. The number of aromatic nitrogens is 4. The Kier molecular flexibility index (Phi) is 3.44. The van der Waals surface area contributed by atoms with E-state index in [-0.39, 0.29) is 17.0 Å². The van der Waals surface area contributed by atoms with Crippen molar-refractivity contribution in [2.24, 2.45) is 0 Å². The molecule has 0 aliphatic heterocycles. The molecule has 14 heavy (non-hydrogen) atoms. The third-order valence-electron chi connectivity index (χ3n) is 1.91. The van der Waals surface area contributed by atoms with E-state index in [1.54, 1.807) is 10.6 Å². The quantitative estimate of drug-likeness (QED) is 0.803. The molecule has 0 aliphatic carbocycles. The maximum absolute atomic E-state index is 5.82. The van der Waals surface area contributed by atoms with Crippen molar-refractivity contribution in [3.63, 3.8) is 0 Å². The lowest BCUT2D eigenvalue weighted by Crippen LogP contribution is -1.98. The second kappa shape index (κ2) is 4.23. The summed E-state index contributed by atoms with van der Waals surface area (Å²) in [7, 11) is 0. The molecule has 0 N–H and O–H groups in total. The maximum Gasteiger partial charge on any atom is 0.180 e. The van der Waals surface area contributed by atoms with Gasteiger partial charge in [0.2, 0.25) is 0 Å². The lowest BCUT2D eigenvalue weighted by atomic mass is 10.3. The first-order chi connectivity index (χ1) is 6.22. The van der Waals surface area contributed by atoms with Crippen LogP contribution < -0.4 is 0 Å². The molecular formula is C8H10BrClN4. The third kappa shape index (κ3) is 1.74. The molecule has 0 spiro atoms. The van der Waals surface area contributed by atoms with Gasteiger partial charge in [-0.15, -0.1) is 27.2 Å². The van der Waals surface area contributed by atoms with Crippen molar-refractivity contribution in [3.05, 3.63) is 22.6 Å². The summed E-state index contributed by atoms with van der Waals surface area (Å²) >= 11 is 5.82. The van der Waals surface area contributed by atoms with Crippen LogP contribution >= 0.6 is 28.6 Å². The zero-order valence-corrected chi connectivity index (χ0v) is 10.3. The lowest BCUT2D eigenvalue weighted by molar-refractivity contribution is 0.821. The number of hydrogen-bond donors (Lipinski definition) is 0. The van der Waals surface area contributed by atoms with Gasteiger partial charge in [0.05, 0.1) is 0 Å². The molecule has 0 saturated heterocycles. The second-order valence-corrected chi connectivity index (χ2v) is 3.24. The average Bonchev–Trinajstić information content (AvgIpc) is 2.47. The fraction of sp³-hybridized carbons (Fsp3) is 0.375. The molecule has 2 aromatic rings. The van der Waals surface area contributed by atoms with Gasteiger partial charge in [-0.05, 0) is 18.6 Å². The van der Waals surface area contributed by atoms with Gasteiger partial charge in [-0.25, -0.2) is 0 Å². The molecule has 2 rings (SSSR count). The Labute approximate surface area is 97.1 Å². The van der Waals surface area contributed by atoms with E-state index in [9.17, 15) is 0 Å². The first kappa shape index (κ1) is 11.4. The van der Waals surface area contributed by atoms with Gasteiger partial charge in [-0.2, -0.15) is 9.61 Å². The van der Waals surface area contributed by atoms with E-state index in [0.717, 1.165) is 23.5 Å². The van der Waals surface area contributed by atoms with Gasteiger partial charge >= 0.3 is 0 Å². The zero-order valence-electron chi connectivity index (χ0n) is 7.86. The van der Waals surface area contributed by atoms with Crippen LogP contribution in [0.1, 0.15) is 18.3 Å². The van der Waals surface area contributed by atoms with Crippen molar-refractivity contribution < 1.29 is 0 Å². The van der Waals surface area contributed by atoms with Crippen LogP contribution in [-0.2, 0) is 6.42 Å². The van der Waals surface area contributed by atoms with Crippen LogP contribution in [0.2, 0.25) is 5.15 Å². The van der Waals surface area contributed by atoms with Gasteiger partial charge in [0.15, 0.2) is 16.6 Å². The first-order valence-corrected chi connectivity index (χ1v) is 4.47. The monoisotopic (exact) mass is 276 g/mol. The molecule has 76 valence electrons. The van der Waals surface area contributed by atoms with E-state index in [4.69, 9.17) is 11.6 Å².